The Balaban J connectivity index is 2.00. The minimum atomic E-state index is -0.789. The molecule has 1 unspecified atom stereocenters. The number of amides is 1. The van der Waals surface area contributed by atoms with E-state index >= 15 is 0 Å². The van der Waals surface area contributed by atoms with Crippen LogP contribution in [0.4, 0.5) is 0 Å². The number of ether oxygens (including phenoxy) is 2. The van der Waals surface area contributed by atoms with Crippen molar-refractivity contribution in [3.05, 3.63) is 65.5 Å². The Bertz CT molecular complexity index is 911. The summed E-state index contributed by atoms with van der Waals surface area (Å²) < 4.78 is 10.7. The molecule has 2 aromatic rings. The van der Waals surface area contributed by atoms with Gasteiger partial charge in [0.2, 0.25) is 0 Å². The van der Waals surface area contributed by atoms with Crippen LogP contribution in [-0.2, 0) is 14.3 Å². The number of Topliss-reactive ketones (excluding diaryl/α,β-unsaturated/α-hetero) is 1. The van der Waals surface area contributed by atoms with Gasteiger partial charge in [-0.1, -0.05) is 6.07 Å². The number of aliphatic hydroxyl groups is 2. The fourth-order valence-electron chi connectivity index (χ4n) is 3.36. The van der Waals surface area contributed by atoms with E-state index in [9.17, 15) is 14.7 Å². The maximum atomic E-state index is 12.8. The molecule has 8 heteroatoms. The van der Waals surface area contributed by atoms with Gasteiger partial charge < -0.3 is 24.6 Å². The molecule has 0 saturated carbocycles. The molecule has 1 aliphatic heterocycles. The zero-order valence-corrected chi connectivity index (χ0v) is 16.7. The number of aliphatic hydroxyl groups excluding tert-OH is 2. The topological polar surface area (TPSA) is 109 Å². The number of ketones is 1. The molecular weight excluding hydrogens is 388 g/mol. The highest BCUT2D eigenvalue weighted by molar-refractivity contribution is 6.46. The zero-order valence-electron chi connectivity index (χ0n) is 16.7. The largest absolute Gasteiger partial charge is 0.507 e. The molecule has 1 amide bonds. The average molecular weight is 412 g/mol. The predicted octanol–water partition coefficient (Wildman–Crippen LogP) is 1.91. The van der Waals surface area contributed by atoms with Crippen molar-refractivity contribution in [3.63, 3.8) is 0 Å². The van der Waals surface area contributed by atoms with Gasteiger partial charge in [-0.2, -0.15) is 0 Å². The second-order valence-electron chi connectivity index (χ2n) is 6.57. The summed E-state index contributed by atoms with van der Waals surface area (Å²) in [5.74, 6) is -1.11. The number of hydrogen-bond donors (Lipinski definition) is 2. The summed E-state index contributed by atoms with van der Waals surface area (Å²) in [5.41, 5.74) is 1.01. The molecule has 2 N–H and O–H groups in total. The van der Waals surface area contributed by atoms with E-state index in [1.54, 1.807) is 48.8 Å². The lowest BCUT2D eigenvalue weighted by Crippen LogP contribution is -2.33. The normalized spacial score (nSPS) is 18.1. The Hall–Kier alpha value is -3.23. The van der Waals surface area contributed by atoms with Crippen molar-refractivity contribution >= 4 is 17.4 Å². The second kappa shape index (κ2) is 10.00. The van der Waals surface area contributed by atoms with Gasteiger partial charge in [-0.15, -0.1) is 0 Å². The third-order valence-electron chi connectivity index (χ3n) is 4.69. The lowest BCUT2D eigenvalue weighted by molar-refractivity contribution is -0.140. The van der Waals surface area contributed by atoms with Crippen LogP contribution in [0, 0.1) is 0 Å². The van der Waals surface area contributed by atoms with Crippen LogP contribution in [-0.4, -0.2) is 64.8 Å². The van der Waals surface area contributed by atoms with Crippen molar-refractivity contribution in [2.24, 2.45) is 0 Å². The Morgan fingerprint density at radius 3 is 2.57 bits per heavy atom. The summed E-state index contributed by atoms with van der Waals surface area (Å²) >= 11 is 0. The molecule has 0 bridgehead atoms. The zero-order chi connectivity index (χ0) is 21.5. The summed E-state index contributed by atoms with van der Waals surface area (Å²) in [5, 5.41) is 19.8. The number of carbonyl (C=O) groups excluding carboxylic acids is 2. The van der Waals surface area contributed by atoms with Crippen LogP contribution in [0.15, 0.2) is 54.4 Å². The number of hydrogen-bond acceptors (Lipinski definition) is 7. The number of benzene rings is 1. The number of carbonyl (C=O) groups is 2. The van der Waals surface area contributed by atoms with Gasteiger partial charge in [0, 0.05) is 24.5 Å². The molecule has 2 heterocycles. The molecule has 8 nitrogen and oxygen atoms in total. The van der Waals surface area contributed by atoms with E-state index in [1.807, 2.05) is 6.92 Å². The molecule has 1 fully saturated rings. The van der Waals surface area contributed by atoms with Crippen LogP contribution in [0.5, 0.6) is 5.75 Å². The maximum Gasteiger partial charge on any atom is 0.295 e. The van der Waals surface area contributed by atoms with E-state index in [0.717, 1.165) is 0 Å². The van der Waals surface area contributed by atoms with Gasteiger partial charge in [0.1, 0.15) is 11.5 Å². The van der Waals surface area contributed by atoms with Gasteiger partial charge in [-0.05, 0) is 42.8 Å². The number of pyridine rings is 1. The van der Waals surface area contributed by atoms with Crippen molar-refractivity contribution in [2.75, 3.05) is 33.0 Å². The van der Waals surface area contributed by atoms with Crippen LogP contribution in [0.2, 0.25) is 0 Å². The quantitative estimate of drug-likeness (QED) is 0.280. The van der Waals surface area contributed by atoms with Crippen LogP contribution in [0.25, 0.3) is 5.76 Å². The molecule has 0 spiro atoms. The Kier molecular flexibility index (Phi) is 7.16. The third kappa shape index (κ3) is 4.50. The van der Waals surface area contributed by atoms with Crippen LogP contribution < -0.4 is 4.74 Å². The number of likely N-dealkylation sites (tertiary alicyclic amines) is 1. The summed E-state index contributed by atoms with van der Waals surface area (Å²) in [6, 6.07) is 9.32. The van der Waals surface area contributed by atoms with Gasteiger partial charge in [0.15, 0.2) is 0 Å². The average Bonchev–Trinajstić information content (AvgIpc) is 3.02. The molecule has 1 saturated heterocycles. The van der Waals surface area contributed by atoms with Crippen molar-refractivity contribution in [2.45, 2.75) is 13.0 Å². The van der Waals surface area contributed by atoms with Crippen molar-refractivity contribution in [1.82, 2.24) is 9.88 Å². The van der Waals surface area contributed by atoms with Gasteiger partial charge in [0.05, 0.1) is 38.0 Å². The first-order valence-corrected chi connectivity index (χ1v) is 9.68. The van der Waals surface area contributed by atoms with E-state index in [-0.39, 0.29) is 37.7 Å². The summed E-state index contributed by atoms with van der Waals surface area (Å²) in [7, 11) is 0. The smallest absolute Gasteiger partial charge is 0.295 e. The molecule has 1 aromatic carbocycles. The monoisotopic (exact) mass is 412 g/mol. The van der Waals surface area contributed by atoms with E-state index in [1.165, 1.54) is 4.90 Å². The van der Waals surface area contributed by atoms with Crippen LogP contribution >= 0.6 is 0 Å². The highest BCUT2D eigenvalue weighted by atomic mass is 16.5. The second-order valence-corrected chi connectivity index (χ2v) is 6.57. The summed E-state index contributed by atoms with van der Waals surface area (Å²) in [6.45, 7) is 2.65. The summed E-state index contributed by atoms with van der Waals surface area (Å²) in [6.07, 6.45) is 3.15. The Labute approximate surface area is 174 Å². The molecule has 1 aliphatic rings. The van der Waals surface area contributed by atoms with E-state index in [0.29, 0.717) is 23.5 Å². The first-order valence-electron chi connectivity index (χ1n) is 9.68. The van der Waals surface area contributed by atoms with E-state index in [4.69, 9.17) is 14.6 Å². The number of aromatic nitrogens is 1. The van der Waals surface area contributed by atoms with Gasteiger partial charge in [-0.3, -0.25) is 14.6 Å². The number of rotatable bonds is 9. The van der Waals surface area contributed by atoms with Crippen molar-refractivity contribution in [3.8, 4) is 5.75 Å². The summed E-state index contributed by atoms with van der Waals surface area (Å²) in [4.78, 5) is 31.0. The minimum Gasteiger partial charge on any atom is -0.507 e. The van der Waals surface area contributed by atoms with Crippen molar-refractivity contribution < 1.29 is 29.3 Å². The molecule has 3 rings (SSSR count). The SMILES string of the molecule is CCOc1ccc(C(O)=C2C(=O)C(=O)N(CCOCCO)C2c2cccnc2)cc1. The molecular formula is C22H24N2O6. The fraction of sp³-hybridized carbons (Fsp3) is 0.318. The maximum absolute atomic E-state index is 12.8. The predicted molar refractivity (Wildman–Crippen MR) is 109 cm³/mol. The van der Waals surface area contributed by atoms with E-state index < -0.39 is 17.7 Å². The van der Waals surface area contributed by atoms with Gasteiger partial charge in [0.25, 0.3) is 11.7 Å². The lowest BCUT2D eigenvalue weighted by Gasteiger charge is -2.25. The molecule has 0 radical (unpaired) electrons. The van der Waals surface area contributed by atoms with Crippen molar-refractivity contribution in [1.29, 1.82) is 0 Å². The standard InChI is InChI=1S/C22H24N2O6/c1-2-30-17-7-5-15(6-8-17)20(26)18-19(16-4-3-9-23-14-16)24(22(28)21(18)27)10-12-29-13-11-25/h3-9,14,19,25-26H,2,10-13H2,1H3. The van der Waals surface area contributed by atoms with E-state index in [2.05, 4.69) is 4.98 Å². The molecule has 158 valence electrons. The Morgan fingerprint density at radius 1 is 1.17 bits per heavy atom. The molecule has 0 aliphatic carbocycles. The first-order chi connectivity index (χ1) is 14.6. The first kappa shape index (κ1) is 21.5. The van der Waals surface area contributed by atoms with Crippen LogP contribution in [0.3, 0.4) is 0 Å². The fourth-order valence-corrected chi connectivity index (χ4v) is 3.36. The lowest BCUT2D eigenvalue weighted by atomic mass is 9.96. The molecule has 1 atom stereocenters. The minimum absolute atomic E-state index is 0.000631. The molecule has 1 aromatic heterocycles. The van der Waals surface area contributed by atoms with Gasteiger partial charge >= 0.3 is 0 Å². The van der Waals surface area contributed by atoms with Crippen LogP contribution in [0.1, 0.15) is 24.1 Å². The third-order valence-corrected chi connectivity index (χ3v) is 4.69. The number of nitrogens with zero attached hydrogens (tertiary/aromatic N) is 2. The molecule has 30 heavy (non-hydrogen) atoms. The Morgan fingerprint density at radius 2 is 1.93 bits per heavy atom. The van der Waals surface area contributed by atoms with Gasteiger partial charge in [-0.25, -0.2) is 0 Å². The highest BCUT2D eigenvalue weighted by Crippen LogP contribution is 2.39. The highest BCUT2D eigenvalue weighted by Gasteiger charge is 2.45.